The topological polar surface area (TPSA) is 0 Å². The van der Waals surface area contributed by atoms with E-state index in [0.29, 0.717) is 5.92 Å². The maximum atomic E-state index is 3.60. The SMILES string of the molecule is Ic1ccc2c3c1C([C-]=C3)c1ccc(cc1)P2c1ccccc1.Ic1cccc2c1C(c1ccccc1)[C-]=C2.[Cl-].[Cl-].[Zr+4]. The van der Waals surface area contributed by atoms with Crippen LogP contribution < -0.4 is 40.7 Å². The molecule has 0 amide bonds. The zero-order chi connectivity index (χ0) is 26.3. The Labute approximate surface area is 308 Å². The minimum Gasteiger partial charge on any atom is -1.00 e. The van der Waals surface area contributed by atoms with Gasteiger partial charge in [0, 0.05) is 0 Å². The van der Waals surface area contributed by atoms with Crippen LogP contribution in [-0.4, -0.2) is 0 Å². The van der Waals surface area contributed by atoms with E-state index in [0.717, 1.165) is 0 Å². The third kappa shape index (κ3) is 6.35. The van der Waals surface area contributed by atoms with E-state index in [1.165, 1.54) is 56.4 Å². The predicted octanol–water partition coefficient (Wildman–Crippen LogP) is 2.58. The third-order valence-corrected chi connectivity index (χ3v) is 11.9. The molecule has 0 fully saturated rings. The summed E-state index contributed by atoms with van der Waals surface area (Å²) in [6, 6.07) is 41.8. The van der Waals surface area contributed by atoms with Gasteiger partial charge in [-0.05, 0) is 70.9 Å². The maximum Gasteiger partial charge on any atom is 4.00 e. The summed E-state index contributed by atoms with van der Waals surface area (Å²) in [4.78, 5) is 0. The largest absolute Gasteiger partial charge is 4.00 e. The first-order valence-corrected chi connectivity index (χ1v) is 16.5. The molecule has 0 nitrogen and oxygen atoms in total. The smallest absolute Gasteiger partial charge is 1.00 e. The minimum atomic E-state index is -0.516. The van der Waals surface area contributed by atoms with Crippen LogP contribution in [0.4, 0.5) is 0 Å². The quantitative estimate of drug-likeness (QED) is 0.146. The third-order valence-electron chi connectivity index (χ3n) is 7.55. The Morgan fingerprint density at radius 2 is 1.10 bits per heavy atom. The molecule has 3 unspecified atom stereocenters. The van der Waals surface area contributed by atoms with Gasteiger partial charge in [0.1, 0.15) is 0 Å². The van der Waals surface area contributed by atoms with E-state index in [2.05, 4.69) is 185 Å². The number of fused-ring (bicyclic) bond motifs is 3. The molecule has 0 saturated heterocycles. The fourth-order valence-electron chi connectivity index (χ4n) is 5.72. The van der Waals surface area contributed by atoms with Crippen LogP contribution in [-0.2, 0) is 26.2 Å². The van der Waals surface area contributed by atoms with E-state index in [-0.39, 0.29) is 56.9 Å². The van der Waals surface area contributed by atoms with Gasteiger partial charge in [-0.1, -0.05) is 137 Å². The first kappa shape index (κ1) is 33.8. The zero-order valence-electron chi connectivity index (χ0n) is 22.2. The molecule has 2 aliphatic heterocycles. The Balaban J connectivity index is 0.000000190. The maximum absolute atomic E-state index is 3.60. The van der Waals surface area contributed by atoms with E-state index in [1.807, 2.05) is 0 Å². The van der Waals surface area contributed by atoms with Crippen LogP contribution in [0.1, 0.15) is 45.2 Å². The summed E-state index contributed by atoms with van der Waals surface area (Å²) < 4.78 is 2.67. The van der Waals surface area contributed by atoms with Gasteiger partial charge < -0.3 is 24.8 Å². The normalized spacial score (nSPS) is 17.7. The van der Waals surface area contributed by atoms with Crippen LogP contribution >= 0.6 is 53.1 Å². The van der Waals surface area contributed by atoms with Gasteiger partial charge in [0.15, 0.2) is 0 Å². The van der Waals surface area contributed by atoms with E-state index < -0.39 is 7.92 Å². The first-order valence-electron chi connectivity index (χ1n) is 13.0. The van der Waals surface area contributed by atoms with Crippen molar-refractivity contribution >= 4 is 81.2 Å². The molecule has 3 atom stereocenters. The summed E-state index contributed by atoms with van der Waals surface area (Å²) in [5.74, 6) is 0.598. The van der Waals surface area contributed by atoms with E-state index >= 15 is 0 Å². The van der Waals surface area contributed by atoms with Crippen LogP contribution in [0.25, 0.3) is 12.2 Å². The number of hydrogen-bond donors (Lipinski definition) is 0. The van der Waals surface area contributed by atoms with Gasteiger partial charge in [0.05, 0.1) is 0 Å². The number of benzene rings is 5. The molecule has 204 valence electrons. The van der Waals surface area contributed by atoms with Crippen molar-refractivity contribution in [2.45, 2.75) is 11.8 Å². The molecular formula is C36H23Cl2I2PZr. The molecule has 0 spiro atoms. The summed E-state index contributed by atoms with van der Waals surface area (Å²) in [6.07, 6.45) is 11.4. The number of hydrogen-bond acceptors (Lipinski definition) is 0. The zero-order valence-corrected chi connectivity index (χ0v) is 31.4. The van der Waals surface area contributed by atoms with Gasteiger partial charge in [-0.25, -0.2) is 12.2 Å². The van der Waals surface area contributed by atoms with Gasteiger partial charge >= 0.3 is 26.2 Å². The summed E-state index contributed by atoms with van der Waals surface area (Å²) in [7, 11) is -0.516. The van der Waals surface area contributed by atoms with Gasteiger partial charge in [0.25, 0.3) is 0 Å². The standard InChI is InChI=1S/C21H13IP.C15H10I.2ClH.Zr/c22-19-12-13-20-18-11-10-17(21(18)19)14-6-8-16(9-7-14)23(20)15-4-2-1-3-5-15;16-14-8-4-7-12-9-10-13(15(12)14)11-5-2-1-3-6-11;;;/h1-9,11-13,17H;1-9,13H;2*1H;/q2*-1;;;+4/p-2. The van der Waals surface area contributed by atoms with Crippen LogP contribution in [0.2, 0.25) is 0 Å². The average Bonchev–Trinajstić information content (AvgIpc) is 3.64. The van der Waals surface area contributed by atoms with Crippen molar-refractivity contribution in [2.24, 2.45) is 0 Å². The van der Waals surface area contributed by atoms with Crippen LogP contribution in [0.5, 0.6) is 0 Å². The molecular weight excluding hydrogens is 879 g/mol. The van der Waals surface area contributed by atoms with Gasteiger partial charge in [-0.15, -0.1) is 17.2 Å². The average molecular weight is 902 g/mol. The molecule has 6 heteroatoms. The summed E-state index contributed by atoms with van der Waals surface area (Å²) in [5.41, 5.74) is 8.22. The second-order valence-electron chi connectivity index (χ2n) is 9.80. The van der Waals surface area contributed by atoms with Gasteiger partial charge in [-0.3, -0.25) is 12.2 Å². The Bertz CT molecular complexity index is 1740. The van der Waals surface area contributed by atoms with Crippen molar-refractivity contribution in [3.8, 4) is 0 Å². The molecule has 2 heterocycles. The second kappa shape index (κ2) is 14.8. The molecule has 6 bridgehead atoms. The van der Waals surface area contributed by atoms with Crippen LogP contribution in [0.15, 0.2) is 115 Å². The molecule has 42 heavy (non-hydrogen) atoms. The summed E-state index contributed by atoms with van der Waals surface area (Å²) in [5, 5.41) is 4.31. The predicted molar refractivity (Wildman–Crippen MR) is 183 cm³/mol. The number of rotatable bonds is 2. The fraction of sp³-hybridized carbons (Fsp3) is 0.0556. The molecule has 0 aromatic heterocycles. The van der Waals surface area contributed by atoms with Crippen molar-refractivity contribution in [3.63, 3.8) is 0 Å². The number of halogens is 4. The number of allylic oxidation sites excluding steroid dienone is 2. The van der Waals surface area contributed by atoms with E-state index in [4.69, 9.17) is 0 Å². The second-order valence-corrected chi connectivity index (χ2v) is 14.3. The fourth-order valence-corrected chi connectivity index (χ4v) is 9.75. The Kier molecular flexibility index (Phi) is 11.9. The van der Waals surface area contributed by atoms with E-state index in [1.54, 1.807) is 0 Å². The Morgan fingerprint density at radius 1 is 0.524 bits per heavy atom. The van der Waals surface area contributed by atoms with Crippen molar-refractivity contribution in [2.75, 3.05) is 0 Å². The molecule has 5 aromatic carbocycles. The van der Waals surface area contributed by atoms with Crippen LogP contribution in [0, 0.1) is 19.3 Å². The monoisotopic (exact) mass is 900 g/mol. The van der Waals surface area contributed by atoms with Crippen molar-refractivity contribution in [3.05, 3.63) is 168 Å². The summed E-state index contributed by atoms with van der Waals surface area (Å²) in [6.45, 7) is 0. The first-order chi connectivity index (χ1) is 19.2. The molecule has 5 aromatic rings. The molecule has 9 rings (SSSR count). The van der Waals surface area contributed by atoms with E-state index in [9.17, 15) is 0 Å². The molecule has 4 aliphatic rings. The molecule has 0 radical (unpaired) electrons. The summed E-state index contributed by atoms with van der Waals surface area (Å²) >= 11 is 4.88. The Hall–Kier alpha value is -1.07. The molecule has 0 saturated carbocycles. The van der Waals surface area contributed by atoms with Crippen molar-refractivity contribution in [1.82, 2.24) is 0 Å². The van der Waals surface area contributed by atoms with Crippen molar-refractivity contribution in [1.29, 1.82) is 0 Å². The van der Waals surface area contributed by atoms with Gasteiger partial charge in [0.2, 0.25) is 0 Å². The molecule has 0 N–H and O–H groups in total. The van der Waals surface area contributed by atoms with Crippen molar-refractivity contribution < 1.29 is 51.0 Å². The molecule has 2 aliphatic carbocycles. The Morgan fingerprint density at radius 3 is 1.81 bits per heavy atom. The minimum absolute atomic E-state index is 0. The van der Waals surface area contributed by atoms with Crippen LogP contribution in [0.3, 0.4) is 0 Å². The van der Waals surface area contributed by atoms with Gasteiger partial charge in [-0.2, -0.15) is 11.1 Å².